The molecule has 2 atom stereocenters. The molecule has 1 heterocycles. The zero-order valence-electron chi connectivity index (χ0n) is 8.09. The quantitative estimate of drug-likeness (QED) is 0.608. The van der Waals surface area contributed by atoms with Crippen molar-refractivity contribution in [2.75, 3.05) is 6.54 Å². The summed E-state index contributed by atoms with van der Waals surface area (Å²) in [5, 5.41) is -1.55. The van der Waals surface area contributed by atoms with Crippen LogP contribution in [0.4, 0.5) is 17.6 Å². The lowest BCUT2D eigenvalue weighted by atomic mass is 10.2. The Morgan fingerprint density at radius 3 is 2.38 bits per heavy atom. The van der Waals surface area contributed by atoms with Gasteiger partial charge in [-0.05, 0) is 0 Å². The average molecular weight is 251 g/mol. The van der Waals surface area contributed by atoms with Crippen molar-refractivity contribution in [2.24, 2.45) is 0 Å². The fourth-order valence-electron chi connectivity index (χ4n) is 1.51. The van der Waals surface area contributed by atoms with Gasteiger partial charge in [-0.25, -0.2) is 4.39 Å². The molecule has 1 aromatic carbocycles. The van der Waals surface area contributed by atoms with Crippen molar-refractivity contribution < 1.29 is 17.6 Å². The van der Waals surface area contributed by atoms with E-state index >= 15 is 0 Å². The van der Waals surface area contributed by atoms with Gasteiger partial charge in [0.05, 0.1) is 0 Å². The van der Waals surface area contributed by atoms with Gasteiger partial charge in [0.1, 0.15) is 5.25 Å². The van der Waals surface area contributed by atoms with Gasteiger partial charge in [0.15, 0.2) is 0 Å². The van der Waals surface area contributed by atoms with Crippen molar-refractivity contribution in [3.63, 3.8) is 0 Å². The Bertz CT molecular complexity index is 367. The third-order valence-electron chi connectivity index (χ3n) is 2.33. The largest absolute Gasteiger partial charge is 0.401 e. The highest BCUT2D eigenvalue weighted by Crippen LogP contribution is 2.47. The molecular formula is C10H9F4NS. The molecule has 1 N–H and O–H groups in total. The predicted molar refractivity (Wildman–Crippen MR) is 54.7 cm³/mol. The monoisotopic (exact) mass is 251 g/mol. The Labute approximate surface area is 94.2 Å². The zero-order chi connectivity index (χ0) is 11.8. The van der Waals surface area contributed by atoms with Crippen LogP contribution in [-0.4, -0.2) is 18.0 Å². The minimum atomic E-state index is -4.37. The molecule has 0 saturated carbocycles. The molecular weight excluding hydrogens is 242 g/mol. The van der Waals surface area contributed by atoms with Gasteiger partial charge in [-0.15, -0.1) is 0 Å². The third kappa shape index (κ3) is 2.17. The molecule has 0 aliphatic carbocycles. The van der Waals surface area contributed by atoms with Gasteiger partial charge in [-0.2, -0.15) is 13.2 Å². The molecule has 0 radical (unpaired) electrons. The fraction of sp³-hybridized carbons (Fsp3) is 0.400. The number of alkyl halides is 4. The van der Waals surface area contributed by atoms with E-state index in [4.69, 9.17) is 0 Å². The zero-order valence-corrected chi connectivity index (χ0v) is 8.91. The lowest BCUT2D eigenvalue weighted by Gasteiger charge is -2.20. The number of hydrogen-bond acceptors (Lipinski definition) is 2. The highest BCUT2D eigenvalue weighted by atomic mass is 32.2. The molecule has 1 aliphatic heterocycles. The van der Waals surface area contributed by atoms with Crippen LogP contribution in [0, 0.1) is 0 Å². The topological polar surface area (TPSA) is 12.0 Å². The summed E-state index contributed by atoms with van der Waals surface area (Å²) in [5.41, 5.74) is 0.215. The van der Waals surface area contributed by atoms with Crippen LogP contribution in [0.3, 0.4) is 0 Å². The smallest absolute Gasteiger partial charge is 0.271 e. The van der Waals surface area contributed by atoms with Gasteiger partial charge < -0.3 is 0 Å². The standard InChI is InChI=1S/C10H9F4NS/c11-9(12,13)8-6-15-10(14,16-8)7-4-2-1-3-5-7/h1-5,8,15H,6H2. The number of hydrogen-bond donors (Lipinski definition) is 1. The van der Waals surface area contributed by atoms with E-state index in [1.165, 1.54) is 12.1 Å². The van der Waals surface area contributed by atoms with Gasteiger partial charge in [0, 0.05) is 12.1 Å². The minimum Gasteiger partial charge on any atom is -0.271 e. The van der Waals surface area contributed by atoms with Crippen molar-refractivity contribution in [3.8, 4) is 0 Å². The fourth-order valence-corrected chi connectivity index (χ4v) is 2.64. The summed E-state index contributed by atoms with van der Waals surface area (Å²) >= 11 is 0.270. The minimum absolute atomic E-state index is 0.215. The van der Waals surface area contributed by atoms with Crippen molar-refractivity contribution in [1.82, 2.24) is 5.32 Å². The molecule has 0 aromatic heterocycles. The maximum absolute atomic E-state index is 14.2. The summed E-state index contributed by atoms with van der Waals surface area (Å²) in [6.07, 6.45) is -4.37. The Hall–Kier alpha value is -0.750. The molecule has 16 heavy (non-hydrogen) atoms. The van der Waals surface area contributed by atoms with E-state index in [9.17, 15) is 17.6 Å². The van der Waals surface area contributed by atoms with Crippen molar-refractivity contribution >= 4 is 11.8 Å². The summed E-state index contributed by atoms with van der Waals surface area (Å²) in [6, 6.07) is 7.82. The second-order valence-corrected chi connectivity index (χ2v) is 4.86. The molecule has 6 heteroatoms. The second-order valence-electron chi connectivity index (χ2n) is 3.49. The SMILES string of the molecule is FC1(c2ccccc2)NCC(C(F)(F)F)S1. The first-order valence-electron chi connectivity index (χ1n) is 4.66. The summed E-state index contributed by atoms with van der Waals surface area (Å²) in [4.78, 5) is 0. The molecule has 1 fully saturated rings. The van der Waals surface area contributed by atoms with Crippen LogP contribution in [0.25, 0.3) is 0 Å². The van der Waals surface area contributed by atoms with Crippen LogP contribution in [0.15, 0.2) is 30.3 Å². The lowest BCUT2D eigenvalue weighted by molar-refractivity contribution is -0.126. The van der Waals surface area contributed by atoms with E-state index in [2.05, 4.69) is 5.32 Å². The van der Waals surface area contributed by atoms with Crippen molar-refractivity contribution in [2.45, 2.75) is 16.6 Å². The van der Waals surface area contributed by atoms with Gasteiger partial charge >= 0.3 is 6.18 Å². The lowest BCUT2D eigenvalue weighted by Crippen LogP contribution is -2.31. The first kappa shape index (κ1) is 11.7. The van der Waals surface area contributed by atoms with Crippen molar-refractivity contribution in [1.29, 1.82) is 0 Å². The molecule has 1 saturated heterocycles. The maximum Gasteiger partial charge on any atom is 0.401 e. The molecule has 0 bridgehead atoms. The Kier molecular flexibility index (Phi) is 2.88. The van der Waals surface area contributed by atoms with E-state index in [1.807, 2.05) is 0 Å². The van der Waals surface area contributed by atoms with Crippen LogP contribution in [0.5, 0.6) is 0 Å². The first-order valence-corrected chi connectivity index (χ1v) is 5.54. The van der Waals surface area contributed by atoms with E-state index in [0.29, 0.717) is 0 Å². The number of benzene rings is 1. The number of rotatable bonds is 1. The highest BCUT2D eigenvalue weighted by molar-refractivity contribution is 8.01. The Morgan fingerprint density at radius 2 is 1.88 bits per heavy atom. The summed E-state index contributed by atoms with van der Waals surface area (Å²) in [5.74, 6) is 0. The van der Waals surface area contributed by atoms with E-state index < -0.39 is 23.1 Å². The maximum atomic E-state index is 14.2. The van der Waals surface area contributed by atoms with Gasteiger partial charge in [0.2, 0.25) is 5.12 Å². The van der Waals surface area contributed by atoms with Gasteiger partial charge in [0.25, 0.3) is 0 Å². The van der Waals surface area contributed by atoms with E-state index in [1.54, 1.807) is 18.2 Å². The molecule has 0 amide bonds. The molecule has 1 nitrogen and oxygen atoms in total. The van der Waals surface area contributed by atoms with E-state index in [-0.39, 0.29) is 17.3 Å². The van der Waals surface area contributed by atoms with Crippen LogP contribution in [0.2, 0.25) is 0 Å². The second kappa shape index (κ2) is 3.92. The summed E-state index contributed by atoms with van der Waals surface area (Å²) in [6.45, 7) is -0.403. The van der Waals surface area contributed by atoms with Gasteiger partial charge in [-0.1, -0.05) is 42.1 Å². The number of thioether (sulfide) groups is 1. The van der Waals surface area contributed by atoms with Crippen molar-refractivity contribution in [3.05, 3.63) is 35.9 Å². The normalized spacial score (nSPS) is 30.6. The number of nitrogens with one attached hydrogen (secondary N) is 1. The van der Waals surface area contributed by atoms with Gasteiger partial charge in [-0.3, -0.25) is 5.32 Å². The molecule has 0 spiro atoms. The summed E-state index contributed by atoms with van der Waals surface area (Å²) in [7, 11) is 0. The van der Waals surface area contributed by atoms with Crippen LogP contribution >= 0.6 is 11.8 Å². The first-order chi connectivity index (χ1) is 7.42. The van der Waals surface area contributed by atoms with E-state index in [0.717, 1.165) is 0 Å². The van der Waals surface area contributed by atoms with Crippen LogP contribution < -0.4 is 5.32 Å². The molecule has 2 unspecified atom stereocenters. The Balaban J connectivity index is 2.19. The van der Waals surface area contributed by atoms with Crippen LogP contribution in [-0.2, 0) is 5.12 Å². The molecule has 2 rings (SSSR count). The number of halogens is 4. The average Bonchev–Trinajstić information content (AvgIpc) is 2.63. The predicted octanol–water partition coefficient (Wildman–Crippen LogP) is 3.03. The molecule has 1 aliphatic rings. The third-order valence-corrected chi connectivity index (χ3v) is 3.75. The summed E-state index contributed by atoms with van der Waals surface area (Å²) < 4.78 is 51.4. The van der Waals surface area contributed by atoms with Crippen LogP contribution in [0.1, 0.15) is 5.56 Å². The molecule has 88 valence electrons. The highest BCUT2D eigenvalue weighted by Gasteiger charge is 2.52. The molecule has 1 aromatic rings. The Morgan fingerprint density at radius 1 is 1.25 bits per heavy atom.